The molecule has 148 heavy (non-hydrogen) atoms. The molecule has 0 fully saturated rings. The fourth-order valence-corrected chi connectivity index (χ4v) is 24600. The first kappa shape index (κ1) is 239. The van der Waals surface area contributed by atoms with E-state index in [0.717, 1.165) is 0 Å². The van der Waals surface area contributed by atoms with Crippen molar-refractivity contribution in [2.45, 2.75) is 35.1 Å². The zero-order chi connectivity index (χ0) is 114. The van der Waals surface area contributed by atoms with Crippen molar-refractivity contribution in [3.8, 4) is 0 Å². The minimum Gasteiger partial charge on any atom is -0.0583 e. The molecular weight excluding hydrogens is 16100 g/mol. The van der Waals surface area contributed by atoms with Crippen LogP contribution < -0.4 is 0 Å². The van der Waals surface area contributed by atoms with Crippen molar-refractivity contribution >= 4 is 1660 Å². The van der Waals surface area contributed by atoms with Crippen LogP contribution in [0.3, 0.4) is 0 Å². The third-order valence-electron chi connectivity index (χ3n) is 8.32. The van der Waals surface area contributed by atoms with E-state index in [1.54, 1.807) is 0 Å². The quantitative estimate of drug-likeness (QED) is 0.0390. The van der Waals surface area contributed by atoms with E-state index in [9.17, 15) is 0 Å². The molecule has 998 valence electrons. The Balaban J connectivity index is 0. The number of hydrogen-bond donors (Lipinski definition) is 0. The fourth-order valence-electron chi connectivity index (χ4n) is 3.69. The molecule has 0 N–H and O–H groups in total. The van der Waals surface area contributed by atoms with Gasteiger partial charge in [0.1, 0.15) is 0 Å². The normalized spacial score (nSPS) is 17.6. The number of benzene rings is 3. The average Bonchev–Trinajstić information content (AvgIpc) is 0.814. The topological polar surface area (TPSA) is 0 Å². The first-order chi connectivity index (χ1) is 66.9. The summed E-state index contributed by atoms with van der Waals surface area (Å²) in [6.45, 7) is 8.58. The molecule has 3 rings (SSSR count). The smallest absolute Gasteiger partial charge is 0.0130 e. The Morgan fingerprint density at radius 3 is 0.277 bits per heavy atom. The zero-order valence-electron chi connectivity index (χ0n) is 61.1. The summed E-state index contributed by atoms with van der Waals surface area (Å²) in [4.78, 5) is 0. The molecule has 3 aromatic rings. The summed E-state index contributed by atoms with van der Waals surface area (Å²) in [7, 11) is -39.5. The van der Waals surface area contributed by atoms with Gasteiger partial charge >= 0.3 is 1680 Å². The molecule has 0 radical (unpaired) electrons. The second-order valence-electron chi connectivity index (χ2n) is 15.7. The van der Waals surface area contributed by atoms with E-state index >= 15 is 0 Å². The zero-order valence-corrected chi connectivity index (χ0v) is 330. The molecule has 0 saturated heterocycles. The van der Waals surface area contributed by atoms with Gasteiger partial charge in [0.05, 0.1) is 0 Å². The van der Waals surface area contributed by atoms with Crippen molar-refractivity contribution in [2.75, 3.05) is 0 Å². The molecule has 0 aromatic heterocycles. The SMILES string of the molecule is C.Cc1ccc(C)cc1.Cc1ccc(I(I)I(I)I(I)I(I)I(I)I(I)I(I)I(I)I(I)I(I)I(I)I(I)I(I)I(I)I(I)I(I)I(I)I(I)I(I)I(I)I(I)I(I)I(I)I(I)I(I)I(I)I(I)I(I)I(I)I(I)I(I)I(I)I(I)I(I)I(I)I(I)I(I)I(I)I(I)I(I)I(I)I(I)I(I)I(I)I(I)I(I)I(I)I(I)I(I)I(I)I(I)I(I)I(I)I(I)I(I)I(I)I(I)I(I)I(I)I(I)I(I)I)cc1.Cc1ccc(I)cc1.[Pd]. The summed E-state index contributed by atoms with van der Waals surface area (Å²) >= 11 is 214. The molecule has 3 aromatic carbocycles. The molecule has 0 aliphatic heterocycles. The average molecular weight is 16100 g/mol. The van der Waals surface area contributed by atoms with Gasteiger partial charge in [-0.2, -0.15) is 0 Å². The molecule has 0 bridgehead atoms. The van der Waals surface area contributed by atoms with E-state index < -0.39 is 486 Å². The number of hydrogen-bond acceptors (Lipinski definition) is 0. The van der Waals surface area contributed by atoms with E-state index in [2.05, 4.69) is 1280 Å². The molecule has 0 atom stereocenters. The fraction of sp³-hybridized carbons (Fsp3) is 0.217. The Labute approximate surface area is 1720 Å². The van der Waals surface area contributed by atoms with Crippen molar-refractivity contribution in [3.63, 3.8) is 0 Å². The molecule has 0 amide bonds. The van der Waals surface area contributed by atoms with E-state index in [-0.39, 0.29) is 27.8 Å². The van der Waals surface area contributed by atoms with Crippen LogP contribution in [0.1, 0.15) is 29.7 Å². The molecule has 125 heteroatoms. The number of halogens is 124. The predicted octanol–water partition coefficient (Wildman–Crippen LogP) is 116. The van der Waals surface area contributed by atoms with Crippen LogP contribution in [0.2, 0.25) is 0 Å². The van der Waals surface area contributed by atoms with Crippen molar-refractivity contribution in [1.82, 2.24) is 0 Å². The molecule has 0 nitrogen and oxygen atoms in total. The largest absolute Gasteiger partial charge is 0.0583 e. The van der Waals surface area contributed by atoms with Crippen LogP contribution in [0.4, 0.5) is 0 Å². The summed E-state index contributed by atoms with van der Waals surface area (Å²) in [5, 5.41) is 0. The summed E-state index contributed by atoms with van der Waals surface area (Å²) in [5.41, 5.74) is 5.45. The molecular formula is C23H28I124Pd. The van der Waals surface area contributed by atoms with Gasteiger partial charge in [0.2, 0.25) is 0 Å². The van der Waals surface area contributed by atoms with Gasteiger partial charge < -0.3 is 0 Å². The molecule has 0 spiro atoms. The van der Waals surface area contributed by atoms with Crippen molar-refractivity contribution in [1.29, 1.82) is 0 Å². The van der Waals surface area contributed by atoms with Crippen LogP contribution in [0.15, 0.2) is 72.8 Å². The third kappa shape index (κ3) is 97.5. The summed E-state index contributed by atoms with van der Waals surface area (Å²) < 4.78 is 3.14. The second kappa shape index (κ2) is 143. The van der Waals surface area contributed by atoms with Gasteiger partial charge in [-0.05, 0) is 55.5 Å². The Morgan fingerprint density at radius 1 is 0.115 bits per heavy atom. The third-order valence-corrected chi connectivity index (χ3v) is 9860. The van der Waals surface area contributed by atoms with Crippen molar-refractivity contribution in [3.05, 3.63) is 102 Å². The van der Waals surface area contributed by atoms with Crippen LogP contribution in [0.25, 0.3) is 0 Å². The maximum Gasteiger partial charge on any atom is 0.0130 e. The Kier molecular flexibility index (Phi) is 230. The van der Waals surface area contributed by atoms with Crippen LogP contribution in [0, 0.1) is 34.8 Å². The number of rotatable bonds is 61. The Morgan fingerprint density at radius 2 is 0.189 bits per heavy atom. The first-order valence-corrected chi connectivity index (χ1v) is 794. The van der Waals surface area contributed by atoms with Gasteiger partial charge in [-0.1, -0.05) is 60.5 Å². The standard InChI is InChI=1S/C8H10.C7H7I123.C7H7I.CH4.Pd/c1-7-3-5-8(2)6-4-7;1-6-2-4-7(5-3-6)70(8)72(11)74(13)76(15)78(17)80(19)82(21)84(23)86(25)88(27)90(29)92(31)94(33)96(35)98(37)100(39)102(41)104(43)106(45)108(47)110(49)112(51)114(53)116(55)118(57)120(59)122(61)124(63)126(65)128(67)130(69)129(68)127(66)125(64)123(62)121(60)119(58)117(56)115(54)113(52)111(50)109(48)107(46)105(44)103(42)101(40)99(38)97(36)95(34)93(32)91(30)89(28)87(26)85(24)83(22)81(20)79(18)77(16)75(14)73(12)71(9)10;1-6-2-4-7(8)5-3-6;;/h3-6H,1-2H3;2-5H,1H3;2-5H,1H3;1H4;. The van der Waals surface area contributed by atoms with Gasteiger partial charge in [-0.15, -0.1) is 0 Å². The van der Waals surface area contributed by atoms with Gasteiger partial charge in [0, 0.05) is 24.0 Å². The Hall–Kier alpha value is 88.8. The monoisotopic (exact) mass is 16100 g/mol. The molecule has 0 aliphatic carbocycles. The van der Waals surface area contributed by atoms with Gasteiger partial charge in [-0.3, -0.25) is 0 Å². The van der Waals surface area contributed by atoms with E-state index in [1.807, 2.05) is 3.57 Å². The number of aryl methyl sites for hydroxylation is 4. The van der Waals surface area contributed by atoms with E-state index in [0.29, 0.717) is 0 Å². The molecule has 0 unspecified atom stereocenters. The Bertz CT molecular complexity index is 3710. The van der Waals surface area contributed by atoms with Gasteiger partial charge in [0.15, 0.2) is 0 Å². The first-order valence-electron chi connectivity index (χ1n) is 25.3. The summed E-state index contributed by atoms with van der Waals surface area (Å²) in [6, 6.07) is 27.0. The van der Waals surface area contributed by atoms with Crippen LogP contribution in [-0.2, 0) is 20.4 Å². The van der Waals surface area contributed by atoms with Crippen molar-refractivity contribution in [2.24, 2.45) is 0 Å². The van der Waals surface area contributed by atoms with E-state index in [1.165, 1.54) is 25.8 Å². The van der Waals surface area contributed by atoms with Crippen molar-refractivity contribution < 1.29 is 20.4 Å². The molecule has 0 aliphatic rings. The van der Waals surface area contributed by atoms with Crippen LogP contribution in [0.5, 0.6) is 0 Å². The van der Waals surface area contributed by atoms with Gasteiger partial charge in [0.25, 0.3) is 0 Å². The van der Waals surface area contributed by atoms with Gasteiger partial charge in [-0.25, -0.2) is 0 Å². The maximum atomic E-state index is 3.50. The minimum atomic E-state index is -0.946. The second-order valence-corrected chi connectivity index (χ2v) is 2960. The maximum absolute atomic E-state index is 3.50. The molecule has 0 heterocycles. The van der Waals surface area contributed by atoms with E-state index in [4.69, 9.17) is 0 Å². The summed E-state index contributed by atoms with van der Waals surface area (Å²) in [6.07, 6.45) is 0. The predicted molar refractivity (Wildman–Crippen MR) is 1840 cm³/mol. The summed E-state index contributed by atoms with van der Waals surface area (Å²) in [5.74, 6) is 0. The minimum absolute atomic E-state index is 0. The van der Waals surface area contributed by atoms with Crippen LogP contribution >= 0.6 is 1660 Å². The van der Waals surface area contributed by atoms with Crippen LogP contribution in [-0.4, -0.2) is 0 Å². The molecule has 0 saturated carbocycles.